The Morgan fingerprint density at radius 3 is 0.942 bits per heavy atom. The number of hydrogen-bond acceptors (Lipinski definition) is 18. The number of aliphatic hydroxyl groups is 11. The van der Waals surface area contributed by atoms with Crippen molar-refractivity contribution in [3.63, 3.8) is 0 Å². The third-order valence-electron chi connectivity index (χ3n) is 22.1. The van der Waals surface area contributed by atoms with Gasteiger partial charge in [0, 0.05) is 6.42 Å². The summed E-state index contributed by atoms with van der Waals surface area (Å²) in [5.41, 5.74) is 0. The fourth-order valence-corrected chi connectivity index (χ4v) is 15.1. The van der Waals surface area contributed by atoms with Crippen LogP contribution in [0.25, 0.3) is 0 Å². The standard InChI is InChI=1S/C84H161NO18/c1-3-5-7-9-11-13-15-17-19-21-22-23-24-25-26-27-28-29-30-31-32-33-34-35-36-37-38-39-40-41-42-43-44-46-48-50-52-54-56-58-60-62-72(90)85-67(68(89)61-59-57-55-53-51-49-47-45-20-18-16-14-12-10-8-6-4-2)66-98-82-78(96)75(93)80(70(64-87)100-82)103-84-79(97)76(94)81(71(65-88)101-84)102-83-77(95)74(92)73(91)69(63-86)99-83/h21-22,67-71,73-84,86-89,91-97H,3-20,23-66H2,1-2H3,(H,85,90)/b22-21-. The van der Waals surface area contributed by atoms with Crippen LogP contribution in [0.1, 0.15) is 386 Å². The second-order valence-electron chi connectivity index (χ2n) is 31.4. The molecular weight excluding hydrogens is 1310 g/mol. The Hall–Kier alpha value is -1.47. The molecule has 19 nitrogen and oxygen atoms in total. The van der Waals surface area contributed by atoms with Crippen molar-refractivity contribution in [3.05, 3.63) is 12.2 Å². The van der Waals surface area contributed by atoms with E-state index in [9.17, 15) is 61.0 Å². The molecule has 0 bridgehead atoms. The summed E-state index contributed by atoms with van der Waals surface area (Å²) in [6.45, 7) is 1.86. The number of aliphatic hydroxyl groups excluding tert-OH is 11. The number of allylic oxidation sites excluding steroid dienone is 2. The highest BCUT2D eigenvalue weighted by molar-refractivity contribution is 5.76. The van der Waals surface area contributed by atoms with Gasteiger partial charge < -0.3 is 89.9 Å². The fraction of sp³-hybridized carbons (Fsp3) is 0.964. The van der Waals surface area contributed by atoms with E-state index in [4.69, 9.17) is 28.4 Å². The summed E-state index contributed by atoms with van der Waals surface area (Å²) < 4.78 is 34.5. The largest absolute Gasteiger partial charge is 0.394 e. The van der Waals surface area contributed by atoms with Gasteiger partial charge in [0.1, 0.15) is 73.2 Å². The van der Waals surface area contributed by atoms with Crippen molar-refractivity contribution in [2.24, 2.45) is 0 Å². The Morgan fingerprint density at radius 1 is 0.340 bits per heavy atom. The molecule has 12 N–H and O–H groups in total. The number of unbranched alkanes of at least 4 members (excludes halogenated alkanes) is 53. The number of hydrogen-bond donors (Lipinski definition) is 12. The van der Waals surface area contributed by atoms with Gasteiger partial charge in [0.25, 0.3) is 0 Å². The molecule has 0 aromatic carbocycles. The maximum absolute atomic E-state index is 13.5. The minimum Gasteiger partial charge on any atom is -0.394 e. The number of amides is 1. The molecule has 3 saturated heterocycles. The maximum atomic E-state index is 13.5. The molecule has 3 rings (SSSR count). The lowest BCUT2D eigenvalue weighted by atomic mass is 9.96. The van der Waals surface area contributed by atoms with Crippen LogP contribution < -0.4 is 5.32 Å². The molecule has 0 aromatic rings. The van der Waals surface area contributed by atoms with E-state index in [1.807, 2.05) is 0 Å². The molecular formula is C84H161NO18. The molecule has 3 fully saturated rings. The first-order valence-corrected chi connectivity index (χ1v) is 43.4. The average Bonchev–Trinajstić information content (AvgIpc) is 0.782. The SMILES string of the molecule is CCCCCCCCCC/C=C\CCCCCCCCCCCCCCCCCCCCCCCCCCCCCCCC(=O)NC(COC1OC(CO)C(OC2OC(CO)C(OC3OC(CO)C(O)C(O)C3O)C(O)C2O)C(O)C1O)C(O)CCCCCCCCCCCCCCCCCCC. The number of carbonyl (C=O) groups excluding carboxylic acids is 1. The van der Waals surface area contributed by atoms with Crippen LogP contribution in [0.5, 0.6) is 0 Å². The first-order chi connectivity index (χ1) is 50.3. The third kappa shape index (κ3) is 44.8. The Bertz CT molecular complexity index is 1910. The van der Waals surface area contributed by atoms with E-state index >= 15 is 0 Å². The normalized spacial score (nSPS) is 26.0. The monoisotopic (exact) mass is 1470 g/mol. The molecule has 0 spiro atoms. The van der Waals surface area contributed by atoms with Crippen LogP contribution in [0.4, 0.5) is 0 Å². The number of ether oxygens (including phenoxy) is 6. The molecule has 0 aliphatic carbocycles. The Kier molecular flexibility index (Phi) is 60.7. The summed E-state index contributed by atoms with van der Waals surface area (Å²) in [5.74, 6) is -0.233. The molecule has 17 atom stereocenters. The van der Waals surface area contributed by atoms with E-state index in [0.29, 0.717) is 12.8 Å². The molecule has 3 aliphatic rings. The first kappa shape index (κ1) is 95.7. The van der Waals surface area contributed by atoms with Crippen molar-refractivity contribution >= 4 is 5.91 Å². The molecule has 0 radical (unpaired) electrons. The summed E-state index contributed by atoms with van der Waals surface area (Å²) in [6, 6.07) is -0.884. The molecule has 0 saturated carbocycles. The van der Waals surface area contributed by atoms with Crippen LogP contribution in [0.15, 0.2) is 12.2 Å². The molecule has 17 unspecified atom stereocenters. The summed E-state index contributed by atoms with van der Waals surface area (Å²) in [6.07, 6.45) is 52.0. The quantitative estimate of drug-likeness (QED) is 0.0199. The molecule has 0 aromatic heterocycles. The van der Waals surface area contributed by atoms with Crippen molar-refractivity contribution in [1.82, 2.24) is 5.32 Å². The Labute approximate surface area is 626 Å². The van der Waals surface area contributed by atoms with Crippen molar-refractivity contribution in [2.75, 3.05) is 26.4 Å². The van der Waals surface area contributed by atoms with Gasteiger partial charge in [-0.15, -0.1) is 0 Å². The maximum Gasteiger partial charge on any atom is 0.220 e. The highest BCUT2D eigenvalue weighted by Gasteiger charge is 2.54. The van der Waals surface area contributed by atoms with Crippen molar-refractivity contribution in [2.45, 2.75) is 491 Å². The Balaban J connectivity index is 1.26. The second kappa shape index (κ2) is 65.3. The van der Waals surface area contributed by atoms with Gasteiger partial charge in [-0.25, -0.2) is 0 Å². The van der Waals surface area contributed by atoms with Crippen molar-refractivity contribution in [1.29, 1.82) is 0 Å². The van der Waals surface area contributed by atoms with Gasteiger partial charge >= 0.3 is 0 Å². The van der Waals surface area contributed by atoms with E-state index in [1.165, 1.54) is 308 Å². The van der Waals surface area contributed by atoms with Crippen molar-refractivity contribution in [3.8, 4) is 0 Å². The van der Waals surface area contributed by atoms with E-state index < -0.39 is 124 Å². The van der Waals surface area contributed by atoms with Crippen LogP contribution in [0.3, 0.4) is 0 Å². The predicted octanol–water partition coefficient (Wildman–Crippen LogP) is 15.5. The molecule has 610 valence electrons. The van der Waals surface area contributed by atoms with Gasteiger partial charge in [-0.05, 0) is 38.5 Å². The summed E-state index contributed by atoms with van der Waals surface area (Å²) in [5, 5.41) is 121. The highest BCUT2D eigenvalue weighted by atomic mass is 16.8. The smallest absolute Gasteiger partial charge is 0.220 e. The van der Waals surface area contributed by atoms with Crippen LogP contribution in [-0.2, 0) is 33.2 Å². The zero-order chi connectivity index (χ0) is 74.6. The summed E-state index contributed by atoms with van der Waals surface area (Å²) in [4.78, 5) is 13.5. The molecule has 1 amide bonds. The van der Waals surface area contributed by atoms with Crippen molar-refractivity contribution < 1.29 is 89.4 Å². The second-order valence-corrected chi connectivity index (χ2v) is 31.4. The van der Waals surface area contributed by atoms with Gasteiger partial charge in [-0.2, -0.15) is 0 Å². The third-order valence-corrected chi connectivity index (χ3v) is 22.1. The summed E-state index contributed by atoms with van der Waals surface area (Å²) >= 11 is 0. The van der Waals surface area contributed by atoms with Crippen LogP contribution in [-0.4, -0.2) is 193 Å². The molecule has 3 heterocycles. The minimum absolute atomic E-state index is 0.233. The van der Waals surface area contributed by atoms with Crippen LogP contribution >= 0.6 is 0 Å². The van der Waals surface area contributed by atoms with Gasteiger partial charge in [0.05, 0.1) is 38.6 Å². The van der Waals surface area contributed by atoms with E-state index in [0.717, 1.165) is 44.9 Å². The van der Waals surface area contributed by atoms with E-state index in [-0.39, 0.29) is 18.9 Å². The lowest BCUT2D eigenvalue weighted by Crippen LogP contribution is -2.66. The number of nitrogens with one attached hydrogen (secondary N) is 1. The molecule has 103 heavy (non-hydrogen) atoms. The predicted molar refractivity (Wildman–Crippen MR) is 411 cm³/mol. The van der Waals surface area contributed by atoms with E-state index in [1.54, 1.807) is 0 Å². The zero-order valence-corrected chi connectivity index (χ0v) is 65.6. The topological polar surface area (TPSA) is 307 Å². The number of carbonyl (C=O) groups is 1. The fourth-order valence-electron chi connectivity index (χ4n) is 15.1. The lowest BCUT2D eigenvalue weighted by molar-refractivity contribution is -0.379. The van der Waals surface area contributed by atoms with Gasteiger partial charge in [-0.1, -0.05) is 353 Å². The highest BCUT2D eigenvalue weighted by Crippen LogP contribution is 2.34. The van der Waals surface area contributed by atoms with Gasteiger partial charge in [0.15, 0.2) is 18.9 Å². The molecule has 3 aliphatic heterocycles. The summed E-state index contributed by atoms with van der Waals surface area (Å²) in [7, 11) is 0. The first-order valence-electron chi connectivity index (χ1n) is 43.4. The van der Waals surface area contributed by atoms with Gasteiger partial charge in [0.2, 0.25) is 5.91 Å². The minimum atomic E-state index is -1.97. The zero-order valence-electron chi connectivity index (χ0n) is 65.6. The van der Waals surface area contributed by atoms with Crippen LogP contribution in [0.2, 0.25) is 0 Å². The Morgan fingerprint density at radius 2 is 0.612 bits per heavy atom. The van der Waals surface area contributed by atoms with E-state index in [2.05, 4.69) is 31.3 Å². The van der Waals surface area contributed by atoms with Gasteiger partial charge in [-0.3, -0.25) is 4.79 Å². The van der Waals surface area contributed by atoms with Crippen LogP contribution in [0, 0.1) is 0 Å². The lowest BCUT2D eigenvalue weighted by Gasteiger charge is -2.48. The molecule has 19 heteroatoms. The average molecular weight is 1470 g/mol. The number of rotatable bonds is 71.